The van der Waals surface area contributed by atoms with Crippen molar-refractivity contribution in [2.75, 3.05) is 0 Å². The molecule has 1 aromatic carbocycles. The lowest BCUT2D eigenvalue weighted by molar-refractivity contribution is -0.511. The fourth-order valence-electron chi connectivity index (χ4n) is 2.48. The second kappa shape index (κ2) is 7.86. The molecule has 2 rings (SSSR count). The van der Waals surface area contributed by atoms with Gasteiger partial charge in [0, 0.05) is 10.5 Å². The lowest BCUT2D eigenvalue weighted by Crippen LogP contribution is -2.42. The zero-order valence-corrected chi connectivity index (χ0v) is 15.0. The summed E-state index contributed by atoms with van der Waals surface area (Å²) in [7, 11) is 0. The van der Waals surface area contributed by atoms with Gasteiger partial charge < -0.3 is 14.5 Å². The molecule has 0 unspecified atom stereocenters. The van der Waals surface area contributed by atoms with Gasteiger partial charge in [-0.15, -0.1) is 0 Å². The molecule has 0 aliphatic heterocycles. The molecule has 1 N–H and O–H groups in total. The van der Waals surface area contributed by atoms with Crippen LogP contribution in [-0.2, 0) is 4.74 Å². The zero-order valence-electron chi connectivity index (χ0n) is 15.0. The van der Waals surface area contributed by atoms with E-state index in [0.29, 0.717) is 5.56 Å². The molecule has 138 valence electrons. The van der Waals surface area contributed by atoms with Crippen LogP contribution in [-0.4, -0.2) is 22.7 Å². The van der Waals surface area contributed by atoms with Crippen LogP contribution in [0.5, 0.6) is 0 Å². The van der Waals surface area contributed by atoms with Crippen LogP contribution in [0.15, 0.2) is 59.7 Å². The number of nitro groups is 1. The average molecular weight is 358 g/mol. The lowest BCUT2D eigenvalue weighted by Gasteiger charge is -2.25. The van der Waals surface area contributed by atoms with Crippen LogP contribution in [0.1, 0.15) is 38.1 Å². The van der Waals surface area contributed by atoms with Crippen molar-refractivity contribution in [3.05, 3.63) is 76.7 Å². The van der Waals surface area contributed by atoms with E-state index in [4.69, 9.17) is 9.15 Å². The topological polar surface area (TPSA) is 94.6 Å². The van der Waals surface area contributed by atoms with E-state index < -0.39 is 28.7 Å². The molecular formula is C19H22N2O5. The van der Waals surface area contributed by atoms with E-state index in [0.717, 1.165) is 0 Å². The Kier molecular flexibility index (Phi) is 5.82. The first-order valence-electron chi connectivity index (χ1n) is 8.09. The first-order chi connectivity index (χ1) is 12.2. The highest BCUT2D eigenvalue weighted by Crippen LogP contribution is 2.30. The Balaban J connectivity index is 2.36. The molecule has 1 amide bonds. The molecule has 7 nitrogen and oxygen atoms in total. The second-order valence-corrected chi connectivity index (χ2v) is 6.76. The fraction of sp³-hybridized carbons (Fsp3) is 0.316. The van der Waals surface area contributed by atoms with E-state index in [1.165, 1.54) is 6.26 Å². The highest BCUT2D eigenvalue weighted by Gasteiger charge is 2.39. The molecule has 0 fully saturated rings. The molecule has 7 heteroatoms. The van der Waals surface area contributed by atoms with Gasteiger partial charge in [-0.3, -0.25) is 10.1 Å². The van der Waals surface area contributed by atoms with Crippen LogP contribution in [0, 0.1) is 10.1 Å². The zero-order chi connectivity index (χ0) is 19.3. The van der Waals surface area contributed by atoms with Crippen molar-refractivity contribution >= 4 is 11.7 Å². The van der Waals surface area contributed by atoms with Crippen LogP contribution in [0.3, 0.4) is 0 Å². The smallest absolute Gasteiger partial charge is 0.408 e. The number of benzene rings is 1. The van der Waals surface area contributed by atoms with Crippen LogP contribution < -0.4 is 5.32 Å². The largest absolute Gasteiger partial charge is 0.467 e. The van der Waals surface area contributed by atoms with Crippen molar-refractivity contribution in [2.45, 2.75) is 38.5 Å². The summed E-state index contributed by atoms with van der Waals surface area (Å²) in [4.78, 5) is 23.6. The molecular weight excluding hydrogens is 336 g/mol. The van der Waals surface area contributed by atoms with E-state index >= 15 is 0 Å². The Bertz CT molecular complexity index is 763. The van der Waals surface area contributed by atoms with Crippen molar-refractivity contribution in [2.24, 2.45) is 0 Å². The standard InChI is InChI=1S/C19H22N2O5/c1-13(14-9-6-5-7-10-14)17(21(23)24)16(15-11-8-12-25-15)20-18(22)26-19(2,3)4/h5-12,16-17H,1H2,2-4H3,(H,20,22)/t16-,17-/m1/s1. The van der Waals surface area contributed by atoms with Crippen molar-refractivity contribution in [3.63, 3.8) is 0 Å². The molecule has 2 aromatic rings. The van der Waals surface area contributed by atoms with Gasteiger partial charge in [0.1, 0.15) is 11.4 Å². The van der Waals surface area contributed by atoms with Crippen molar-refractivity contribution in [1.82, 2.24) is 5.32 Å². The van der Waals surface area contributed by atoms with Crippen LogP contribution >= 0.6 is 0 Å². The normalized spacial score (nSPS) is 13.5. The van der Waals surface area contributed by atoms with Crippen molar-refractivity contribution in [3.8, 4) is 0 Å². The number of hydrogen-bond acceptors (Lipinski definition) is 5. The number of hydrogen-bond donors (Lipinski definition) is 1. The number of alkyl carbamates (subject to hydrolysis) is 1. The molecule has 1 heterocycles. The van der Waals surface area contributed by atoms with Gasteiger partial charge in [0.05, 0.1) is 6.26 Å². The summed E-state index contributed by atoms with van der Waals surface area (Å²) in [6.07, 6.45) is 0.619. The number of nitrogens with zero attached hydrogens (tertiary/aromatic N) is 1. The summed E-state index contributed by atoms with van der Waals surface area (Å²) in [5.74, 6) is 0.245. The highest BCUT2D eigenvalue weighted by molar-refractivity contribution is 5.71. The first-order valence-corrected chi connectivity index (χ1v) is 8.09. The van der Waals surface area contributed by atoms with E-state index in [1.54, 1.807) is 63.2 Å². The minimum atomic E-state index is -1.32. The monoisotopic (exact) mass is 358 g/mol. The fourth-order valence-corrected chi connectivity index (χ4v) is 2.48. The maximum atomic E-state index is 12.2. The molecule has 1 aromatic heterocycles. The number of amides is 1. The van der Waals surface area contributed by atoms with Gasteiger partial charge in [-0.1, -0.05) is 36.9 Å². The third kappa shape index (κ3) is 4.95. The van der Waals surface area contributed by atoms with Gasteiger partial charge >= 0.3 is 6.09 Å². The summed E-state index contributed by atoms with van der Waals surface area (Å²) in [5, 5.41) is 14.4. The van der Waals surface area contributed by atoms with Crippen molar-refractivity contribution < 1.29 is 18.9 Å². The van der Waals surface area contributed by atoms with Gasteiger partial charge in [0.2, 0.25) is 0 Å². The number of carbonyl (C=O) groups is 1. The molecule has 0 aliphatic carbocycles. The van der Waals surface area contributed by atoms with E-state index in [9.17, 15) is 14.9 Å². The minimum Gasteiger partial charge on any atom is -0.467 e. The van der Waals surface area contributed by atoms with Gasteiger partial charge in [0.15, 0.2) is 6.04 Å². The summed E-state index contributed by atoms with van der Waals surface area (Å²) in [6.45, 7) is 9.02. The average Bonchev–Trinajstić information content (AvgIpc) is 3.07. The van der Waals surface area contributed by atoms with Crippen LogP contribution in [0.25, 0.3) is 5.57 Å². The van der Waals surface area contributed by atoms with Gasteiger partial charge in [-0.2, -0.15) is 0 Å². The van der Waals surface area contributed by atoms with Gasteiger partial charge in [-0.05, 0) is 38.5 Å². The summed E-state index contributed by atoms with van der Waals surface area (Å²) in [5.41, 5.74) is 0.128. The van der Waals surface area contributed by atoms with Gasteiger partial charge in [-0.25, -0.2) is 4.79 Å². The van der Waals surface area contributed by atoms with Crippen LogP contribution in [0.4, 0.5) is 4.79 Å². The first kappa shape index (κ1) is 19.2. The Morgan fingerprint density at radius 1 is 1.23 bits per heavy atom. The quantitative estimate of drug-likeness (QED) is 0.617. The summed E-state index contributed by atoms with van der Waals surface area (Å²) >= 11 is 0. The predicted molar refractivity (Wildman–Crippen MR) is 97.1 cm³/mol. The number of furan rings is 1. The third-order valence-corrected chi connectivity index (χ3v) is 3.57. The number of ether oxygens (including phenoxy) is 1. The number of rotatable bonds is 6. The Morgan fingerprint density at radius 3 is 2.38 bits per heavy atom. The number of carbonyl (C=O) groups excluding carboxylic acids is 1. The minimum absolute atomic E-state index is 0.245. The third-order valence-electron chi connectivity index (χ3n) is 3.57. The molecule has 0 radical (unpaired) electrons. The van der Waals surface area contributed by atoms with E-state index in [2.05, 4.69) is 11.9 Å². The van der Waals surface area contributed by atoms with Gasteiger partial charge in [0.25, 0.3) is 6.04 Å². The van der Waals surface area contributed by atoms with Crippen molar-refractivity contribution in [1.29, 1.82) is 0 Å². The SMILES string of the molecule is C=C(c1ccccc1)[C@H]([C@H](NC(=O)OC(C)(C)C)c1ccco1)[N+](=O)[O-]. The second-order valence-electron chi connectivity index (χ2n) is 6.76. The maximum absolute atomic E-state index is 12.2. The predicted octanol–water partition coefficient (Wildman–Crippen LogP) is 4.20. The maximum Gasteiger partial charge on any atom is 0.408 e. The highest BCUT2D eigenvalue weighted by atomic mass is 16.6. The molecule has 0 spiro atoms. The van der Waals surface area contributed by atoms with Crippen LogP contribution in [0.2, 0.25) is 0 Å². The van der Waals surface area contributed by atoms with E-state index in [-0.39, 0.29) is 11.3 Å². The molecule has 0 bridgehead atoms. The summed E-state index contributed by atoms with van der Waals surface area (Å²) in [6, 6.07) is 9.57. The molecule has 0 saturated heterocycles. The molecule has 0 aliphatic rings. The lowest BCUT2D eigenvalue weighted by atomic mass is 9.93. The molecule has 26 heavy (non-hydrogen) atoms. The molecule has 0 saturated carbocycles. The summed E-state index contributed by atoms with van der Waals surface area (Å²) < 4.78 is 10.6. The Morgan fingerprint density at radius 2 is 1.88 bits per heavy atom. The van der Waals surface area contributed by atoms with E-state index in [1.807, 2.05) is 0 Å². The number of nitrogens with one attached hydrogen (secondary N) is 1. The Labute approximate surface area is 151 Å². The Hall–Kier alpha value is -3.09. The molecule has 2 atom stereocenters.